The number of hydrogen-bond donors (Lipinski definition) is 2. The summed E-state index contributed by atoms with van der Waals surface area (Å²) in [7, 11) is -3.67. The Hall–Kier alpha value is -1.05. The summed E-state index contributed by atoms with van der Waals surface area (Å²) in [5.74, 6) is 0.126. The second kappa shape index (κ2) is 4.86. The first-order valence-corrected chi connectivity index (χ1v) is 6.34. The lowest BCUT2D eigenvalue weighted by Crippen LogP contribution is -2.31. The molecule has 0 aliphatic rings. The van der Waals surface area contributed by atoms with Crippen LogP contribution in [0.15, 0.2) is 23.1 Å². The van der Waals surface area contributed by atoms with Crippen LogP contribution in [0.2, 0.25) is 0 Å². The van der Waals surface area contributed by atoms with Gasteiger partial charge in [-0.2, -0.15) is 0 Å². The summed E-state index contributed by atoms with van der Waals surface area (Å²) in [4.78, 5) is 0.108. The van der Waals surface area contributed by atoms with Gasteiger partial charge in [0.15, 0.2) is 9.84 Å². The van der Waals surface area contributed by atoms with Crippen LogP contribution in [0.25, 0.3) is 0 Å². The highest BCUT2D eigenvalue weighted by atomic mass is 32.2. The first-order chi connectivity index (χ1) is 7.42. The number of ether oxygens (including phenoxy) is 1. The van der Waals surface area contributed by atoms with E-state index in [2.05, 4.69) is 0 Å². The summed E-state index contributed by atoms with van der Waals surface area (Å²) in [6, 6.07) is 3.94. The molecule has 0 aliphatic carbocycles. The third-order valence-electron chi connectivity index (χ3n) is 2.22. The van der Waals surface area contributed by atoms with E-state index in [4.69, 9.17) is 14.8 Å². The van der Waals surface area contributed by atoms with Crippen LogP contribution in [0.4, 0.5) is 0 Å². The van der Waals surface area contributed by atoms with E-state index in [0.717, 1.165) is 0 Å². The van der Waals surface area contributed by atoms with Gasteiger partial charge in [-0.15, -0.1) is 0 Å². The second-order valence-electron chi connectivity index (χ2n) is 3.18. The number of methoxy groups -OCH3 is 1. The van der Waals surface area contributed by atoms with E-state index in [1.165, 1.54) is 32.2 Å². The largest absolute Gasteiger partial charge is 0.497 e. The van der Waals surface area contributed by atoms with Gasteiger partial charge < -0.3 is 14.8 Å². The molecule has 0 aromatic heterocycles. The Labute approximate surface area is 94.7 Å². The average molecular weight is 244 g/mol. The highest BCUT2D eigenvalue weighted by Gasteiger charge is 2.20. The Morgan fingerprint density at radius 2 is 2.00 bits per heavy atom. The van der Waals surface area contributed by atoms with Gasteiger partial charge >= 0.3 is 7.12 Å². The van der Waals surface area contributed by atoms with E-state index < -0.39 is 17.0 Å². The lowest BCUT2D eigenvalue weighted by molar-refractivity contribution is 0.402. The van der Waals surface area contributed by atoms with Crippen molar-refractivity contribution in [2.24, 2.45) is 0 Å². The monoisotopic (exact) mass is 244 g/mol. The Bertz CT molecular complexity index is 469. The zero-order valence-corrected chi connectivity index (χ0v) is 9.86. The molecule has 7 heteroatoms. The van der Waals surface area contributed by atoms with Crippen LogP contribution in [-0.4, -0.2) is 38.4 Å². The quantitative estimate of drug-likeness (QED) is 0.675. The van der Waals surface area contributed by atoms with E-state index in [0.29, 0.717) is 0 Å². The minimum atomic E-state index is -3.32. The van der Waals surface area contributed by atoms with E-state index >= 15 is 0 Å². The van der Waals surface area contributed by atoms with Crippen molar-refractivity contribution in [1.29, 1.82) is 0 Å². The normalized spacial score (nSPS) is 11.2. The van der Waals surface area contributed by atoms with Crippen molar-refractivity contribution in [2.45, 2.75) is 11.8 Å². The molecular formula is C9H13BO5S. The summed E-state index contributed by atoms with van der Waals surface area (Å²) in [5.41, 5.74) is 0.137. The van der Waals surface area contributed by atoms with Crippen LogP contribution >= 0.6 is 0 Å². The predicted molar refractivity (Wildman–Crippen MR) is 60.5 cm³/mol. The Morgan fingerprint density at radius 1 is 1.38 bits per heavy atom. The van der Waals surface area contributed by atoms with Crippen LogP contribution in [0, 0.1) is 0 Å². The highest BCUT2D eigenvalue weighted by molar-refractivity contribution is 7.91. The molecule has 0 saturated carbocycles. The van der Waals surface area contributed by atoms with Crippen LogP contribution in [0.1, 0.15) is 6.92 Å². The van der Waals surface area contributed by atoms with E-state index in [1.807, 2.05) is 0 Å². The van der Waals surface area contributed by atoms with E-state index in [9.17, 15) is 8.42 Å². The molecule has 0 spiro atoms. The van der Waals surface area contributed by atoms with Crippen molar-refractivity contribution < 1.29 is 23.2 Å². The zero-order valence-electron chi connectivity index (χ0n) is 9.04. The number of hydrogen-bond acceptors (Lipinski definition) is 5. The Kier molecular flexibility index (Phi) is 3.95. The molecule has 0 fully saturated rings. The molecule has 0 bridgehead atoms. The van der Waals surface area contributed by atoms with Crippen molar-refractivity contribution in [3.63, 3.8) is 0 Å². The van der Waals surface area contributed by atoms with Crippen molar-refractivity contribution >= 4 is 22.4 Å². The van der Waals surface area contributed by atoms with Gasteiger partial charge in [0.2, 0.25) is 0 Å². The minimum absolute atomic E-state index is 0.0167. The molecule has 88 valence electrons. The molecule has 0 aliphatic heterocycles. The van der Waals surface area contributed by atoms with Gasteiger partial charge in [-0.1, -0.05) is 13.0 Å². The smallest absolute Gasteiger partial charge is 0.492 e. The fourth-order valence-electron chi connectivity index (χ4n) is 1.26. The average Bonchev–Trinajstić information content (AvgIpc) is 2.27. The first-order valence-electron chi connectivity index (χ1n) is 4.69. The van der Waals surface area contributed by atoms with Crippen LogP contribution < -0.4 is 10.2 Å². The van der Waals surface area contributed by atoms with Crippen molar-refractivity contribution in [1.82, 2.24) is 0 Å². The molecule has 1 aromatic carbocycles. The lowest BCUT2D eigenvalue weighted by Gasteiger charge is -2.09. The van der Waals surface area contributed by atoms with Gasteiger partial charge in [0.25, 0.3) is 0 Å². The van der Waals surface area contributed by atoms with Crippen LogP contribution in [0.5, 0.6) is 5.75 Å². The fraction of sp³-hybridized carbons (Fsp3) is 0.333. The third kappa shape index (κ3) is 2.55. The summed E-state index contributed by atoms with van der Waals surface area (Å²) in [6.45, 7) is 1.54. The molecule has 16 heavy (non-hydrogen) atoms. The molecule has 0 unspecified atom stereocenters. The molecular weight excluding hydrogens is 231 g/mol. The van der Waals surface area contributed by atoms with Gasteiger partial charge in [-0.25, -0.2) is 8.42 Å². The number of rotatable bonds is 4. The first kappa shape index (κ1) is 13.0. The molecule has 0 radical (unpaired) electrons. The molecule has 5 nitrogen and oxygen atoms in total. The maximum absolute atomic E-state index is 11.6. The van der Waals surface area contributed by atoms with Gasteiger partial charge in [0, 0.05) is 5.46 Å². The SMILES string of the molecule is CCS(=O)(=O)c1ccc(B(O)O)c(OC)c1. The van der Waals surface area contributed by atoms with Crippen molar-refractivity contribution in [3.8, 4) is 5.75 Å². The topological polar surface area (TPSA) is 83.8 Å². The molecule has 0 atom stereocenters. The van der Waals surface area contributed by atoms with Crippen molar-refractivity contribution in [3.05, 3.63) is 18.2 Å². The Balaban J connectivity index is 3.30. The fourth-order valence-corrected chi connectivity index (χ4v) is 2.16. The zero-order chi connectivity index (χ0) is 12.3. The summed E-state index contributed by atoms with van der Waals surface area (Å²) < 4.78 is 28.0. The maximum atomic E-state index is 11.6. The maximum Gasteiger partial charge on any atom is 0.492 e. The number of benzene rings is 1. The highest BCUT2D eigenvalue weighted by Crippen LogP contribution is 2.16. The molecule has 0 amide bonds. The molecule has 1 rings (SSSR count). The van der Waals surface area contributed by atoms with E-state index in [-0.39, 0.29) is 21.9 Å². The van der Waals surface area contributed by atoms with Crippen LogP contribution in [0.3, 0.4) is 0 Å². The molecule has 2 N–H and O–H groups in total. The Morgan fingerprint density at radius 3 is 2.44 bits per heavy atom. The van der Waals surface area contributed by atoms with Gasteiger partial charge in [0.1, 0.15) is 5.75 Å². The lowest BCUT2D eigenvalue weighted by atomic mass is 9.79. The van der Waals surface area contributed by atoms with E-state index in [1.54, 1.807) is 0 Å². The van der Waals surface area contributed by atoms with Crippen molar-refractivity contribution in [2.75, 3.05) is 12.9 Å². The minimum Gasteiger partial charge on any atom is -0.497 e. The molecule has 0 saturated heterocycles. The molecule has 1 aromatic rings. The third-order valence-corrected chi connectivity index (χ3v) is 3.95. The second-order valence-corrected chi connectivity index (χ2v) is 5.46. The van der Waals surface area contributed by atoms with Crippen LogP contribution in [-0.2, 0) is 9.84 Å². The van der Waals surface area contributed by atoms with Gasteiger partial charge in [0.05, 0.1) is 17.8 Å². The van der Waals surface area contributed by atoms with Gasteiger partial charge in [-0.05, 0) is 12.1 Å². The van der Waals surface area contributed by atoms with Gasteiger partial charge in [-0.3, -0.25) is 0 Å². The standard InChI is InChI=1S/C9H13BO5S/c1-3-16(13,14)7-4-5-8(10(11)12)9(6-7)15-2/h4-6,11-12H,3H2,1-2H3. The predicted octanol–water partition coefficient (Wildman–Crippen LogP) is -0.831. The summed E-state index contributed by atoms with van der Waals surface area (Å²) in [5, 5.41) is 18.0. The molecule has 0 heterocycles. The summed E-state index contributed by atoms with van der Waals surface area (Å²) in [6.07, 6.45) is 0. The number of sulfone groups is 1. The summed E-state index contributed by atoms with van der Waals surface area (Å²) >= 11 is 0.